The topological polar surface area (TPSA) is 92.4 Å². The van der Waals surface area contributed by atoms with E-state index in [1.165, 1.54) is 12.1 Å². The molecule has 0 saturated heterocycles. The van der Waals surface area contributed by atoms with Gasteiger partial charge in [-0.1, -0.05) is 23.2 Å². The van der Waals surface area contributed by atoms with Crippen LogP contribution in [0.4, 0.5) is 5.69 Å². The van der Waals surface area contributed by atoms with E-state index in [4.69, 9.17) is 34.0 Å². The first-order valence-electron chi connectivity index (χ1n) is 6.16. The van der Waals surface area contributed by atoms with E-state index in [0.717, 1.165) is 12.8 Å². The minimum absolute atomic E-state index is 0.0346. The van der Waals surface area contributed by atoms with Gasteiger partial charge in [-0.05, 0) is 30.9 Å². The van der Waals surface area contributed by atoms with Crippen molar-refractivity contribution < 1.29 is 14.7 Å². The summed E-state index contributed by atoms with van der Waals surface area (Å²) in [6.45, 7) is 0. The number of halogens is 2. The number of carbonyl (C=O) groups excluding carboxylic acids is 1. The van der Waals surface area contributed by atoms with Crippen molar-refractivity contribution in [2.24, 2.45) is 11.7 Å². The number of rotatable bonds is 5. The average Bonchev–Trinajstić information content (AvgIpc) is 3.17. The number of amides is 1. The monoisotopic (exact) mass is 316 g/mol. The SMILES string of the molecule is NC(CC(=O)Nc1c(Cl)cc(C(=O)O)cc1Cl)C1CC1. The van der Waals surface area contributed by atoms with Crippen molar-refractivity contribution in [3.8, 4) is 0 Å². The molecule has 2 rings (SSSR count). The first kappa shape index (κ1) is 15.1. The summed E-state index contributed by atoms with van der Waals surface area (Å²) < 4.78 is 0. The van der Waals surface area contributed by atoms with Crippen LogP contribution in [0, 0.1) is 5.92 Å². The minimum atomic E-state index is -1.14. The predicted molar refractivity (Wildman–Crippen MR) is 77.4 cm³/mol. The Morgan fingerprint density at radius 3 is 2.35 bits per heavy atom. The third-order valence-electron chi connectivity index (χ3n) is 3.20. The number of carboxylic acids is 1. The zero-order chi connectivity index (χ0) is 14.9. The van der Waals surface area contributed by atoms with Crippen LogP contribution in [0.2, 0.25) is 10.0 Å². The summed E-state index contributed by atoms with van der Waals surface area (Å²) in [4.78, 5) is 22.7. The van der Waals surface area contributed by atoms with Crippen LogP contribution in [-0.2, 0) is 4.79 Å². The van der Waals surface area contributed by atoms with Crippen molar-refractivity contribution in [1.29, 1.82) is 0 Å². The van der Waals surface area contributed by atoms with Crippen LogP contribution >= 0.6 is 23.2 Å². The highest BCUT2D eigenvalue weighted by atomic mass is 35.5. The van der Waals surface area contributed by atoms with Crippen LogP contribution in [0.5, 0.6) is 0 Å². The molecule has 7 heteroatoms. The second-order valence-corrected chi connectivity index (χ2v) is 5.69. The fourth-order valence-corrected chi connectivity index (χ4v) is 2.49. The number of benzene rings is 1. The van der Waals surface area contributed by atoms with E-state index >= 15 is 0 Å². The van der Waals surface area contributed by atoms with Gasteiger partial charge in [0.2, 0.25) is 5.91 Å². The smallest absolute Gasteiger partial charge is 0.335 e. The molecule has 108 valence electrons. The van der Waals surface area contributed by atoms with Gasteiger partial charge in [-0.15, -0.1) is 0 Å². The standard InChI is InChI=1S/C13H14Cl2N2O3/c14-8-3-7(13(19)20)4-9(15)12(8)17-11(18)5-10(16)6-1-2-6/h3-4,6,10H,1-2,5,16H2,(H,17,18)(H,19,20). The first-order chi connectivity index (χ1) is 9.38. The molecule has 0 radical (unpaired) electrons. The lowest BCUT2D eigenvalue weighted by atomic mass is 10.1. The maximum atomic E-state index is 11.9. The number of carboxylic acid groups (broad SMARTS) is 1. The molecule has 1 aromatic carbocycles. The molecule has 1 saturated carbocycles. The lowest BCUT2D eigenvalue weighted by Crippen LogP contribution is -2.29. The Kier molecular flexibility index (Phi) is 4.52. The number of anilines is 1. The Balaban J connectivity index is 2.08. The maximum absolute atomic E-state index is 11.9. The molecule has 1 amide bonds. The molecule has 1 aliphatic rings. The van der Waals surface area contributed by atoms with Gasteiger partial charge in [-0.2, -0.15) is 0 Å². The summed E-state index contributed by atoms with van der Waals surface area (Å²) in [7, 11) is 0. The van der Waals surface area contributed by atoms with Crippen molar-refractivity contribution in [3.05, 3.63) is 27.7 Å². The van der Waals surface area contributed by atoms with Crippen LogP contribution in [0.25, 0.3) is 0 Å². The molecule has 20 heavy (non-hydrogen) atoms. The van der Waals surface area contributed by atoms with Gasteiger partial charge >= 0.3 is 5.97 Å². The molecule has 1 aromatic rings. The Morgan fingerprint density at radius 2 is 1.90 bits per heavy atom. The summed E-state index contributed by atoms with van der Waals surface area (Å²) >= 11 is 11.9. The predicted octanol–water partition coefficient (Wildman–Crippen LogP) is 2.76. The van der Waals surface area contributed by atoms with Gasteiger partial charge in [0, 0.05) is 12.5 Å². The lowest BCUT2D eigenvalue weighted by Gasteiger charge is -2.13. The molecular weight excluding hydrogens is 303 g/mol. The quantitative estimate of drug-likeness (QED) is 0.778. The number of aromatic carboxylic acids is 1. The van der Waals surface area contributed by atoms with Crippen LogP contribution < -0.4 is 11.1 Å². The minimum Gasteiger partial charge on any atom is -0.478 e. The van der Waals surface area contributed by atoms with E-state index in [1.54, 1.807) is 0 Å². The molecule has 5 nitrogen and oxygen atoms in total. The highest BCUT2D eigenvalue weighted by Gasteiger charge is 2.30. The van der Waals surface area contributed by atoms with Crippen molar-refractivity contribution in [2.75, 3.05) is 5.32 Å². The van der Waals surface area contributed by atoms with E-state index in [-0.39, 0.29) is 39.7 Å². The molecule has 0 heterocycles. The van der Waals surface area contributed by atoms with E-state index in [2.05, 4.69) is 5.32 Å². The Morgan fingerprint density at radius 1 is 1.35 bits per heavy atom. The van der Waals surface area contributed by atoms with E-state index < -0.39 is 5.97 Å². The van der Waals surface area contributed by atoms with Gasteiger partial charge in [0.25, 0.3) is 0 Å². The zero-order valence-electron chi connectivity index (χ0n) is 10.5. The second-order valence-electron chi connectivity index (χ2n) is 4.87. The van der Waals surface area contributed by atoms with Crippen molar-refractivity contribution in [2.45, 2.75) is 25.3 Å². The summed E-state index contributed by atoms with van der Waals surface area (Å²) in [5, 5.41) is 11.6. The zero-order valence-corrected chi connectivity index (χ0v) is 12.0. The number of nitrogens with two attached hydrogens (primary N) is 1. The fraction of sp³-hybridized carbons (Fsp3) is 0.385. The van der Waals surface area contributed by atoms with Crippen LogP contribution in [0.15, 0.2) is 12.1 Å². The number of carbonyl (C=O) groups is 2. The molecule has 4 N–H and O–H groups in total. The number of hydrogen-bond acceptors (Lipinski definition) is 3. The van der Waals surface area contributed by atoms with Gasteiger partial charge in [0.1, 0.15) is 0 Å². The molecule has 1 unspecified atom stereocenters. The Bertz CT molecular complexity index is 536. The summed E-state index contributed by atoms with van der Waals surface area (Å²) in [6, 6.07) is 2.32. The third-order valence-corrected chi connectivity index (χ3v) is 3.80. The average molecular weight is 317 g/mol. The molecule has 0 spiro atoms. The molecule has 0 bridgehead atoms. The first-order valence-corrected chi connectivity index (χ1v) is 6.92. The molecule has 1 aliphatic carbocycles. The number of nitrogens with one attached hydrogen (secondary N) is 1. The molecule has 0 aromatic heterocycles. The van der Waals surface area contributed by atoms with Crippen molar-refractivity contribution in [1.82, 2.24) is 0 Å². The summed E-state index contributed by atoms with van der Waals surface area (Å²) in [6.07, 6.45) is 2.31. The maximum Gasteiger partial charge on any atom is 0.335 e. The largest absolute Gasteiger partial charge is 0.478 e. The Hall–Kier alpha value is -1.30. The van der Waals surface area contributed by atoms with E-state index in [0.29, 0.717) is 5.92 Å². The molecular formula is C13H14Cl2N2O3. The van der Waals surface area contributed by atoms with Crippen LogP contribution in [-0.4, -0.2) is 23.0 Å². The van der Waals surface area contributed by atoms with Crippen LogP contribution in [0.1, 0.15) is 29.6 Å². The van der Waals surface area contributed by atoms with Crippen LogP contribution in [0.3, 0.4) is 0 Å². The van der Waals surface area contributed by atoms with Crippen molar-refractivity contribution in [3.63, 3.8) is 0 Å². The molecule has 1 atom stereocenters. The number of hydrogen-bond donors (Lipinski definition) is 3. The highest BCUT2D eigenvalue weighted by molar-refractivity contribution is 6.40. The highest BCUT2D eigenvalue weighted by Crippen LogP contribution is 2.34. The molecule has 1 fully saturated rings. The van der Waals surface area contributed by atoms with E-state index in [1.807, 2.05) is 0 Å². The van der Waals surface area contributed by atoms with Gasteiger partial charge < -0.3 is 16.2 Å². The third kappa shape index (κ3) is 3.62. The van der Waals surface area contributed by atoms with Gasteiger partial charge in [0.15, 0.2) is 0 Å². The van der Waals surface area contributed by atoms with Gasteiger partial charge in [-0.25, -0.2) is 4.79 Å². The molecule has 0 aliphatic heterocycles. The normalized spacial score (nSPS) is 15.8. The van der Waals surface area contributed by atoms with Gasteiger partial charge in [0.05, 0.1) is 21.3 Å². The van der Waals surface area contributed by atoms with Crippen molar-refractivity contribution >= 4 is 40.8 Å². The second kappa shape index (κ2) is 5.99. The summed E-state index contributed by atoms with van der Waals surface area (Å²) in [5.74, 6) is -1.00. The summed E-state index contributed by atoms with van der Waals surface area (Å²) in [5.41, 5.74) is 6.05. The van der Waals surface area contributed by atoms with E-state index in [9.17, 15) is 9.59 Å². The lowest BCUT2D eigenvalue weighted by molar-refractivity contribution is -0.116. The van der Waals surface area contributed by atoms with Gasteiger partial charge in [-0.3, -0.25) is 4.79 Å². The Labute approximate surface area is 126 Å². The fourth-order valence-electron chi connectivity index (χ4n) is 1.91.